The lowest BCUT2D eigenvalue weighted by atomic mass is 9.75. The van der Waals surface area contributed by atoms with E-state index in [2.05, 4.69) is 36.5 Å². The van der Waals surface area contributed by atoms with Gasteiger partial charge in [-0.3, -0.25) is 0 Å². The van der Waals surface area contributed by atoms with Crippen molar-refractivity contribution in [3.05, 3.63) is 46.9 Å². The Morgan fingerprint density at radius 3 is 2.81 bits per heavy atom. The molecule has 0 unspecified atom stereocenters. The average Bonchev–Trinajstić information content (AvgIpc) is 2.97. The lowest BCUT2D eigenvalue weighted by molar-refractivity contribution is 0.244. The van der Waals surface area contributed by atoms with E-state index in [1.807, 2.05) is 30.1 Å². The van der Waals surface area contributed by atoms with Gasteiger partial charge in [-0.25, -0.2) is 9.37 Å². The zero-order chi connectivity index (χ0) is 19.6. The molecule has 2 aromatic rings. The number of nitrogens with zero attached hydrogens (tertiary/aromatic N) is 3. The molecule has 140 valence electrons. The van der Waals surface area contributed by atoms with Gasteiger partial charge >= 0.3 is 0 Å². The van der Waals surface area contributed by atoms with E-state index in [1.165, 1.54) is 6.07 Å². The third kappa shape index (κ3) is 3.66. The number of rotatable bonds is 5. The van der Waals surface area contributed by atoms with Crippen molar-refractivity contribution in [2.75, 3.05) is 18.0 Å². The zero-order valence-corrected chi connectivity index (χ0v) is 16.1. The summed E-state index contributed by atoms with van der Waals surface area (Å²) in [5, 5.41) is 11.1. The van der Waals surface area contributed by atoms with Crippen molar-refractivity contribution >= 4 is 18.5 Å². The highest BCUT2D eigenvalue weighted by atomic mass is 19.1. The number of H-pyrrole nitrogens is 1. The quantitative estimate of drug-likeness (QED) is 0.885. The van der Waals surface area contributed by atoms with E-state index in [9.17, 15) is 9.65 Å². The summed E-state index contributed by atoms with van der Waals surface area (Å²) in [6.45, 7) is 11.4. The van der Waals surface area contributed by atoms with Crippen molar-refractivity contribution in [2.45, 2.75) is 27.2 Å². The lowest BCUT2D eigenvalue weighted by Crippen LogP contribution is -2.56. The first-order valence-electron chi connectivity index (χ1n) is 9.21. The molecule has 0 spiro atoms. The highest BCUT2D eigenvalue weighted by Crippen LogP contribution is 2.38. The third-order valence-corrected chi connectivity index (χ3v) is 4.89. The summed E-state index contributed by atoms with van der Waals surface area (Å²) in [5.41, 5.74) is 0.656. The summed E-state index contributed by atoms with van der Waals surface area (Å²) in [5.74, 6) is 0.788. The fourth-order valence-electron chi connectivity index (χ4n) is 3.73. The molecule has 0 radical (unpaired) electrons. The van der Waals surface area contributed by atoms with Gasteiger partial charge in [0.05, 0.1) is 11.5 Å². The maximum atomic E-state index is 14.5. The number of allylic oxidation sites excluding steroid dienone is 2. The largest absolute Gasteiger partial charge is 0.361 e. The van der Waals surface area contributed by atoms with Gasteiger partial charge in [-0.2, -0.15) is 5.26 Å². The number of hydrogen-bond donors (Lipinski definition) is 1. The van der Waals surface area contributed by atoms with Crippen molar-refractivity contribution in [3.63, 3.8) is 0 Å². The molecule has 27 heavy (non-hydrogen) atoms. The predicted octanol–water partition coefficient (Wildman–Crippen LogP) is 3.36. The number of halogens is 1. The average molecular weight is 364 g/mol. The van der Waals surface area contributed by atoms with Crippen LogP contribution in [0.5, 0.6) is 0 Å². The third-order valence-electron chi connectivity index (χ3n) is 4.89. The van der Waals surface area contributed by atoms with Crippen LogP contribution >= 0.6 is 0 Å². The van der Waals surface area contributed by atoms with Crippen LogP contribution in [0, 0.1) is 28.5 Å². The first-order valence-corrected chi connectivity index (χ1v) is 9.21. The minimum Gasteiger partial charge on any atom is -0.361 e. The van der Waals surface area contributed by atoms with Crippen molar-refractivity contribution in [2.24, 2.45) is 11.3 Å². The Bertz CT molecular complexity index is 1000. The van der Waals surface area contributed by atoms with Crippen LogP contribution in [0.2, 0.25) is 0 Å². The molecular weight excluding hydrogens is 339 g/mol. The van der Waals surface area contributed by atoms with Crippen LogP contribution in [0.25, 0.3) is 23.9 Å². The molecule has 3 heterocycles. The smallest absolute Gasteiger partial charge is 0.149 e. The molecule has 4 nitrogen and oxygen atoms in total. The van der Waals surface area contributed by atoms with Crippen molar-refractivity contribution < 1.29 is 4.39 Å². The summed E-state index contributed by atoms with van der Waals surface area (Å²) >= 11 is 0. The summed E-state index contributed by atoms with van der Waals surface area (Å²) in [6.07, 6.45) is 8.30. The summed E-state index contributed by atoms with van der Waals surface area (Å²) in [6, 6.07) is 5.60. The van der Waals surface area contributed by atoms with Gasteiger partial charge < -0.3 is 9.88 Å². The van der Waals surface area contributed by atoms with E-state index in [0.717, 1.165) is 17.0 Å². The lowest BCUT2D eigenvalue weighted by Gasteiger charge is -2.47. The maximum Gasteiger partial charge on any atom is 0.149 e. The van der Waals surface area contributed by atoms with Crippen molar-refractivity contribution in [3.8, 4) is 17.3 Å². The number of anilines is 1. The Balaban J connectivity index is 1.94. The van der Waals surface area contributed by atoms with E-state index < -0.39 is 0 Å². The molecule has 0 saturated carbocycles. The molecule has 1 aliphatic rings. The monoisotopic (exact) mass is 364 g/mol. The van der Waals surface area contributed by atoms with E-state index in [-0.39, 0.29) is 11.2 Å². The number of nitrogens with one attached hydrogen (secondary N) is 1. The van der Waals surface area contributed by atoms with Gasteiger partial charge in [0.15, 0.2) is 0 Å². The van der Waals surface area contributed by atoms with Crippen LogP contribution in [0.15, 0.2) is 30.5 Å². The molecule has 5 heteroatoms. The van der Waals surface area contributed by atoms with Gasteiger partial charge in [0, 0.05) is 35.4 Å². The van der Waals surface area contributed by atoms with E-state index >= 15 is 0 Å². The molecular formula is C22H25FN4. The van der Waals surface area contributed by atoms with Gasteiger partial charge in [-0.05, 0) is 31.4 Å². The number of pyridine rings is 1. The van der Waals surface area contributed by atoms with Gasteiger partial charge in [-0.15, -0.1) is 0 Å². The molecule has 1 saturated heterocycles. The molecule has 0 bridgehead atoms. The topological polar surface area (TPSA) is 55.7 Å². The Hall–Kier alpha value is -2.87. The highest BCUT2D eigenvalue weighted by molar-refractivity contribution is 5.65. The number of nitriles is 1. The molecule has 1 N–H and O–H groups in total. The Labute approximate surface area is 159 Å². The van der Waals surface area contributed by atoms with Crippen molar-refractivity contribution in [1.29, 1.82) is 5.26 Å². The molecule has 1 aliphatic heterocycles. The summed E-state index contributed by atoms with van der Waals surface area (Å²) in [4.78, 5) is 9.67. The first kappa shape index (κ1) is 18.9. The second-order valence-electron chi connectivity index (χ2n) is 7.63. The van der Waals surface area contributed by atoms with E-state index in [4.69, 9.17) is 0 Å². The van der Waals surface area contributed by atoms with Gasteiger partial charge in [0.2, 0.25) is 0 Å². The van der Waals surface area contributed by atoms with Crippen LogP contribution in [0.3, 0.4) is 0 Å². The summed E-state index contributed by atoms with van der Waals surface area (Å²) < 4.78 is 14.5. The highest BCUT2D eigenvalue weighted by Gasteiger charge is 2.44. The minimum atomic E-state index is -0.373. The van der Waals surface area contributed by atoms with Gasteiger partial charge in [0.25, 0.3) is 0 Å². The summed E-state index contributed by atoms with van der Waals surface area (Å²) in [7, 11) is 0. The molecule has 0 atom stereocenters. The van der Waals surface area contributed by atoms with Gasteiger partial charge in [-0.1, -0.05) is 38.7 Å². The Kier molecular flexibility index (Phi) is 5.18. The first-order chi connectivity index (χ1) is 12.9. The maximum absolute atomic E-state index is 14.5. The van der Waals surface area contributed by atoms with E-state index in [1.54, 1.807) is 12.3 Å². The van der Waals surface area contributed by atoms with Crippen LogP contribution in [0.1, 0.15) is 27.2 Å². The minimum absolute atomic E-state index is 0.299. The SMILES string of the molecule is C=c1[nH]cc(-c2nc(N3CC(C#N)(CC(C)C)C3)ccc2F)c1=CC=CC. The molecule has 3 rings (SSSR count). The second-order valence-corrected chi connectivity index (χ2v) is 7.63. The number of aromatic amines is 1. The fourth-order valence-corrected chi connectivity index (χ4v) is 3.73. The molecule has 2 aromatic heterocycles. The van der Waals surface area contributed by atoms with Crippen LogP contribution in [-0.4, -0.2) is 23.1 Å². The van der Waals surface area contributed by atoms with E-state index in [0.29, 0.717) is 36.1 Å². The van der Waals surface area contributed by atoms with Crippen LogP contribution < -0.4 is 15.5 Å². The number of hydrogen-bond acceptors (Lipinski definition) is 3. The second kappa shape index (κ2) is 7.40. The van der Waals surface area contributed by atoms with Gasteiger partial charge in [0.1, 0.15) is 17.3 Å². The molecule has 0 aromatic carbocycles. The molecule has 0 amide bonds. The standard InChI is InChI=1S/C22H25FN4/c1-5-6-7-17-16(4)25-11-18(17)21-19(23)8-9-20(26-21)27-13-22(12-24,14-27)10-15(2)3/h5-9,11,15,25H,4,10,13-14H2,1-3H3. The van der Waals surface area contributed by atoms with Crippen molar-refractivity contribution in [1.82, 2.24) is 9.97 Å². The molecule has 0 aliphatic carbocycles. The normalized spacial score (nSPS) is 16.7. The van der Waals surface area contributed by atoms with Crippen LogP contribution in [0.4, 0.5) is 10.2 Å². The fraction of sp³-hybridized carbons (Fsp3) is 0.364. The number of aromatic nitrogens is 2. The zero-order valence-electron chi connectivity index (χ0n) is 16.1. The Morgan fingerprint density at radius 1 is 1.44 bits per heavy atom. The predicted molar refractivity (Wildman–Crippen MR) is 108 cm³/mol. The Morgan fingerprint density at radius 2 is 2.19 bits per heavy atom. The van der Waals surface area contributed by atoms with Crippen LogP contribution in [-0.2, 0) is 0 Å². The molecule has 1 fully saturated rings.